The smallest absolute Gasteiger partial charge is 0.310 e. The molecule has 144 valence electrons. The van der Waals surface area contributed by atoms with Gasteiger partial charge in [-0.2, -0.15) is 4.98 Å². The molecule has 0 amide bonds. The van der Waals surface area contributed by atoms with Gasteiger partial charge in [0.1, 0.15) is 17.8 Å². The van der Waals surface area contributed by atoms with E-state index in [1.807, 2.05) is 36.1 Å². The van der Waals surface area contributed by atoms with Crippen LogP contribution in [0.25, 0.3) is 0 Å². The van der Waals surface area contributed by atoms with Gasteiger partial charge in [-0.1, -0.05) is 19.1 Å². The van der Waals surface area contributed by atoms with Crippen LogP contribution < -0.4 is 15.4 Å². The molecule has 0 radical (unpaired) electrons. The summed E-state index contributed by atoms with van der Waals surface area (Å²) in [6.45, 7) is 5.62. The van der Waals surface area contributed by atoms with Crippen LogP contribution in [0.15, 0.2) is 30.6 Å². The van der Waals surface area contributed by atoms with Crippen molar-refractivity contribution in [3.05, 3.63) is 36.2 Å². The second-order valence-electron chi connectivity index (χ2n) is 6.55. The fourth-order valence-corrected chi connectivity index (χ4v) is 3.23. The monoisotopic (exact) mass is 370 g/mol. The van der Waals surface area contributed by atoms with Gasteiger partial charge in [0.05, 0.1) is 12.5 Å². The number of anilines is 2. The molecular weight excluding hydrogens is 344 g/mol. The lowest BCUT2D eigenvalue weighted by atomic mass is 9.98. The third-order valence-electron chi connectivity index (χ3n) is 4.71. The fourth-order valence-electron chi connectivity index (χ4n) is 3.23. The van der Waals surface area contributed by atoms with E-state index in [0.29, 0.717) is 36.3 Å². The first-order valence-corrected chi connectivity index (χ1v) is 9.41. The number of nitrogen functional groups attached to an aromatic ring is 1. The lowest BCUT2D eigenvalue weighted by Gasteiger charge is -2.33. The lowest BCUT2D eigenvalue weighted by Crippen LogP contribution is -2.40. The van der Waals surface area contributed by atoms with Crippen molar-refractivity contribution in [2.24, 2.45) is 5.92 Å². The molecule has 0 bridgehead atoms. The number of rotatable bonds is 6. The molecule has 1 atom stereocenters. The van der Waals surface area contributed by atoms with Gasteiger partial charge in [0.25, 0.3) is 0 Å². The number of hydrogen-bond acceptors (Lipinski definition) is 7. The molecule has 0 saturated carbocycles. The van der Waals surface area contributed by atoms with Gasteiger partial charge in [-0.05, 0) is 43.9 Å². The summed E-state index contributed by atoms with van der Waals surface area (Å²) in [4.78, 5) is 22.6. The Bertz CT molecular complexity index is 779. The standard InChI is InChI=1S/C20H26N4O3/c1-3-14-7-9-16(10-8-14)27-19-17(21)18(22-13-23-19)24-11-5-6-15(12-24)20(25)26-4-2/h7-10,13,15H,3-6,11-12,21H2,1-2H3. The number of ether oxygens (including phenoxy) is 2. The second kappa shape index (κ2) is 8.70. The molecular formula is C20H26N4O3. The van der Waals surface area contributed by atoms with Crippen molar-refractivity contribution < 1.29 is 14.3 Å². The molecule has 1 saturated heterocycles. The number of hydrogen-bond donors (Lipinski definition) is 1. The Morgan fingerprint density at radius 1 is 1.26 bits per heavy atom. The van der Waals surface area contributed by atoms with Crippen LogP contribution in [0.3, 0.4) is 0 Å². The van der Waals surface area contributed by atoms with Crippen molar-refractivity contribution in [3.8, 4) is 11.6 Å². The minimum Gasteiger partial charge on any atom is -0.466 e. The van der Waals surface area contributed by atoms with Crippen LogP contribution in [0.4, 0.5) is 11.5 Å². The van der Waals surface area contributed by atoms with Gasteiger partial charge < -0.3 is 20.1 Å². The predicted molar refractivity (Wildman–Crippen MR) is 104 cm³/mol. The second-order valence-corrected chi connectivity index (χ2v) is 6.55. The van der Waals surface area contributed by atoms with Gasteiger partial charge in [0.2, 0.25) is 5.88 Å². The first-order chi connectivity index (χ1) is 13.1. The van der Waals surface area contributed by atoms with Crippen molar-refractivity contribution in [1.82, 2.24) is 9.97 Å². The molecule has 7 nitrogen and oxygen atoms in total. The molecule has 27 heavy (non-hydrogen) atoms. The van der Waals surface area contributed by atoms with E-state index in [1.165, 1.54) is 11.9 Å². The number of nitrogens with two attached hydrogens (primary N) is 1. The third-order valence-corrected chi connectivity index (χ3v) is 4.71. The Kier molecular flexibility index (Phi) is 6.11. The van der Waals surface area contributed by atoms with E-state index in [1.54, 1.807) is 0 Å². The van der Waals surface area contributed by atoms with Gasteiger partial charge in [-0.3, -0.25) is 4.79 Å². The molecule has 3 rings (SSSR count). The number of esters is 1. The Labute approximate surface area is 159 Å². The number of aromatic nitrogens is 2. The summed E-state index contributed by atoms with van der Waals surface area (Å²) in [7, 11) is 0. The Morgan fingerprint density at radius 2 is 2.04 bits per heavy atom. The van der Waals surface area contributed by atoms with E-state index in [2.05, 4.69) is 16.9 Å². The van der Waals surface area contributed by atoms with Gasteiger partial charge in [0, 0.05) is 13.1 Å². The molecule has 0 aliphatic carbocycles. The molecule has 1 unspecified atom stereocenters. The Morgan fingerprint density at radius 3 is 2.74 bits per heavy atom. The van der Waals surface area contributed by atoms with E-state index in [0.717, 1.165) is 25.8 Å². The van der Waals surface area contributed by atoms with E-state index in [4.69, 9.17) is 15.2 Å². The summed E-state index contributed by atoms with van der Waals surface area (Å²) < 4.78 is 11.0. The third kappa shape index (κ3) is 4.48. The first kappa shape index (κ1) is 18.9. The Balaban J connectivity index is 1.76. The van der Waals surface area contributed by atoms with Crippen LogP contribution >= 0.6 is 0 Å². The molecule has 1 fully saturated rings. The SMILES string of the molecule is CCOC(=O)C1CCCN(c2ncnc(Oc3ccc(CC)cc3)c2N)C1. The number of aryl methyl sites for hydroxylation is 1. The number of carbonyl (C=O) groups is 1. The number of carbonyl (C=O) groups excluding carboxylic acids is 1. The molecule has 1 aliphatic rings. The van der Waals surface area contributed by atoms with E-state index < -0.39 is 0 Å². The van der Waals surface area contributed by atoms with Gasteiger partial charge in [-0.25, -0.2) is 4.98 Å². The highest BCUT2D eigenvalue weighted by Crippen LogP contribution is 2.33. The van der Waals surface area contributed by atoms with Crippen LogP contribution in [0.2, 0.25) is 0 Å². The summed E-state index contributed by atoms with van der Waals surface area (Å²) in [5.41, 5.74) is 7.90. The van der Waals surface area contributed by atoms with Crippen LogP contribution in [-0.4, -0.2) is 35.6 Å². The zero-order valence-corrected chi connectivity index (χ0v) is 15.9. The summed E-state index contributed by atoms with van der Waals surface area (Å²) >= 11 is 0. The molecule has 0 spiro atoms. The highest BCUT2D eigenvalue weighted by Gasteiger charge is 2.29. The zero-order valence-electron chi connectivity index (χ0n) is 15.9. The first-order valence-electron chi connectivity index (χ1n) is 9.41. The van der Waals surface area contributed by atoms with E-state index in [9.17, 15) is 4.79 Å². The van der Waals surface area contributed by atoms with Crippen molar-refractivity contribution in [3.63, 3.8) is 0 Å². The van der Waals surface area contributed by atoms with Crippen molar-refractivity contribution in [2.45, 2.75) is 33.1 Å². The van der Waals surface area contributed by atoms with Gasteiger partial charge in [0.15, 0.2) is 5.82 Å². The molecule has 2 aromatic rings. The highest BCUT2D eigenvalue weighted by atomic mass is 16.5. The zero-order chi connectivity index (χ0) is 19.2. The molecule has 2 N–H and O–H groups in total. The van der Waals surface area contributed by atoms with Crippen molar-refractivity contribution in [2.75, 3.05) is 30.3 Å². The number of piperidine rings is 1. The summed E-state index contributed by atoms with van der Waals surface area (Å²) in [6, 6.07) is 7.83. The molecule has 1 aromatic carbocycles. The van der Waals surface area contributed by atoms with Crippen LogP contribution in [0.5, 0.6) is 11.6 Å². The normalized spacial score (nSPS) is 16.8. The summed E-state index contributed by atoms with van der Waals surface area (Å²) in [5.74, 6) is 1.26. The molecule has 7 heteroatoms. The maximum Gasteiger partial charge on any atom is 0.310 e. The van der Waals surface area contributed by atoms with E-state index >= 15 is 0 Å². The molecule has 1 aromatic heterocycles. The lowest BCUT2D eigenvalue weighted by molar-refractivity contribution is -0.148. The molecule has 2 heterocycles. The van der Waals surface area contributed by atoms with Crippen molar-refractivity contribution >= 4 is 17.5 Å². The maximum atomic E-state index is 12.1. The molecule has 1 aliphatic heterocycles. The van der Waals surface area contributed by atoms with Crippen LogP contribution in [0, 0.1) is 5.92 Å². The minimum atomic E-state index is -0.168. The number of benzene rings is 1. The van der Waals surface area contributed by atoms with Gasteiger partial charge in [-0.15, -0.1) is 0 Å². The van der Waals surface area contributed by atoms with E-state index in [-0.39, 0.29) is 11.9 Å². The predicted octanol–water partition coefficient (Wildman–Crippen LogP) is 3.19. The van der Waals surface area contributed by atoms with Crippen molar-refractivity contribution in [1.29, 1.82) is 0 Å². The quantitative estimate of drug-likeness (QED) is 0.781. The summed E-state index contributed by atoms with van der Waals surface area (Å²) in [6.07, 6.45) is 4.10. The fraction of sp³-hybridized carbons (Fsp3) is 0.450. The topological polar surface area (TPSA) is 90.6 Å². The Hall–Kier alpha value is -2.83. The summed E-state index contributed by atoms with van der Waals surface area (Å²) in [5, 5.41) is 0. The maximum absolute atomic E-state index is 12.1. The van der Waals surface area contributed by atoms with Gasteiger partial charge >= 0.3 is 5.97 Å². The average Bonchev–Trinajstić information content (AvgIpc) is 2.70. The minimum absolute atomic E-state index is 0.165. The average molecular weight is 370 g/mol. The van der Waals surface area contributed by atoms with Crippen LogP contribution in [-0.2, 0) is 16.0 Å². The highest BCUT2D eigenvalue weighted by molar-refractivity contribution is 5.75. The largest absolute Gasteiger partial charge is 0.466 e. The number of nitrogens with zero attached hydrogens (tertiary/aromatic N) is 3. The van der Waals surface area contributed by atoms with Crippen LogP contribution in [0.1, 0.15) is 32.3 Å².